The third-order valence-electron chi connectivity index (χ3n) is 5.54. The number of carbonyl (C=O) groups is 3. The molecule has 0 unspecified atom stereocenters. The van der Waals surface area contributed by atoms with E-state index in [1.165, 1.54) is 0 Å². The van der Waals surface area contributed by atoms with Gasteiger partial charge in [-0.2, -0.15) is 0 Å². The van der Waals surface area contributed by atoms with Gasteiger partial charge in [0.25, 0.3) is 0 Å². The first-order valence-corrected chi connectivity index (χ1v) is 9.79. The van der Waals surface area contributed by atoms with Crippen molar-refractivity contribution in [3.8, 4) is 0 Å². The summed E-state index contributed by atoms with van der Waals surface area (Å²) in [5, 5.41) is 2.89. The summed E-state index contributed by atoms with van der Waals surface area (Å²) in [5.74, 6) is -1.06. The van der Waals surface area contributed by atoms with E-state index in [-0.39, 0.29) is 24.3 Å². The number of nitrogens with zero attached hydrogens (tertiary/aromatic N) is 1. The minimum Gasteiger partial charge on any atom is -0.464 e. The number of ether oxygens (including phenoxy) is 2. The number of hydrogen-bond donors (Lipinski definition) is 2. The van der Waals surface area contributed by atoms with E-state index in [0.29, 0.717) is 45.4 Å². The first-order valence-electron chi connectivity index (χ1n) is 9.79. The van der Waals surface area contributed by atoms with Crippen molar-refractivity contribution in [2.24, 2.45) is 11.7 Å². The molecule has 1 aliphatic carbocycles. The molecule has 27 heavy (non-hydrogen) atoms. The van der Waals surface area contributed by atoms with Crippen molar-refractivity contribution < 1.29 is 23.9 Å². The van der Waals surface area contributed by atoms with Gasteiger partial charge in [-0.25, -0.2) is 4.79 Å². The predicted octanol–water partition coefficient (Wildman–Crippen LogP) is 0.109. The maximum atomic E-state index is 12.9. The molecular formula is C19H29N3O5. The van der Waals surface area contributed by atoms with Crippen LogP contribution < -0.4 is 11.1 Å². The van der Waals surface area contributed by atoms with Crippen LogP contribution >= 0.6 is 0 Å². The van der Waals surface area contributed by atoms with E-state index < -0.39 is 23.6 Å². The highest BCUT2D eigenvalue weighted by Gasteiger charge is 2.62. The summed E-state index contributed by atoms with van der Waals surface area (Å²) >= 11 is 0. The minimum atomic E-state index is -1.04. The van der Waals surface area contributed by atoms with E-state index in [4.69, 9.17) is 15.2 Å². The van der Waals surface area contributed by atoms with Crippen molar-refractivity contribution in [3.05, 3.63) is 12.2 Å². The number of amides is 2. The van der Waals surface area contributed by atoms with Gasteiger partial charge in [0, 0.05) is 19.1 Å². The fourth-order valence-electron chi connectivity index (χ4n) is 3.93. The van der Waals surface area contributed by atoms with Gasteiger partial charge in [0.1, 0.15) is 11.6 Å². The minimum absolute atomic E-state index is 0.123. The van der Waals surface area contributed by atoms with Crippen LogP contribution in [0.3, 0.4) is 0 Å². The van der Waals surface area contributed by atoms with Crippen LogP contribution in [0.15, 0.2) is 12.2 Å². The summed E-state index contributed by atoms with van der Waals surface area (Å²) in [7, 11) is 0. The Morgan fingerprint density at radius 1 is 1.41 bits per heavy atom. The fraction of sp³-hybridized carbons (Fsp3) is 0.737. The Morgan fingerprint density at radius 2 is 2.22 bits per heavy atom. The zero-order valence-electron chi connectivity index (χ0n) is 15.8. The second-order valence-electron chi connectivity index (χ2n) is 7.43. The maximum absolute atomic E-state index is 12.9. The summed E-state index contributed by atoms with van der Waals surface area (Å²) in [5.41, 5.74) is 5.00. The molecule has 150 valence electrons. The quantitative estimate of drug-likeness (QED) is 0.520. The lowest BCUT2D eigenvalue weighted by Crippen LogP contribution is -2.55. The maximum Gasteiger partial charge on any atom is 0.332 e. The molecule has 3 N–H and O–H groups in total. The molecule has 8 nitrogen and oxygen atoms in total. The van der Waals surface area contributed by atoms with E-state index in [1.54, 1.807) is 11.8 Å². The van der Waals surface area contributed by atoms with Gasteiger partial charge < -0.3 is 25.4 Å². The van der Waals surface area contributed by atoms with Crippen molar-refractivity contribution in [1.29, 1.82) is 0 Å². The van der Waals surface area contributed by atoms with Gasteiger partial charge in [-0.1, -0.05) is 12.2 Å². The molecule has 0 spiro atoms. The Bertz CT molecular complexity index is 622. The molecule has 2 amide bonds. The molecule has 3 rings (SSSR count). The van der Waals surface area contributed by atoms with Crippen LogP contribution in [0.2, 0.25) is 0 Å². The summed E-state index contributed by atoms with van der Waals surface area (Å²) in [6.07, 6.45) is 6.78. The molecule has 0 aromatic heterocycles. The average molecular weight is 379 g/mol. The summed E-state index contributed by atoms with van der Waals surface area (Å²) in [4.78, 5) is 39.7. The third-order valence-corrected chi connectivity index (χ3v) is 5.54. The second-order valence-corrected chi connectivity index (χ2v) is 7.43. The number of carbonyl (C=O) groups excluding carboxylic acids is 3. The van der Waals surface area contributed by atoms with E-state index >= 15 is 0 Å². The van der Waals surface area contributed by atoms with Gasteiger partial charge in [-0.05, 0) is 39.0 Å². The smallest absolute Gasteiger partial charge is 0.332 e. The SMILES string of the molecule is CCOC(=O)[C@@]12C[C@H]1/C=C\COCCC[C@H](N)C(=O)N1CCC[C@H]1C(=O)N2. The molecule has 3 aliphatic rings. The molecule has 0 bridgehead atoms. The van der Waals surface area contributed by atoms with Crippen LogP contribution in [0, 0.1) is 5.92 Å². The van der Waals surface area contributed by atoms with Crippen LogP contribution in [0.1, 0.15) is 39.0 Å². The normalized spacial score (nSPS) is 35.9. The van der Waals surface area contributed by atoms with Crippen LogP contribution in [-0.4, -0.2) is 66.7 Å². The van der Waals surface area contributed by atoms with Gasteiger partial charge in [-0.15, -0.1) is 0 Å². The Balaban J connectivity index is 1.81. The number of nitrogens with two attached hydrogens (primary N) is 1. The average Bonchev–Trinajstić information content (AvgIpc) is 3.12. The lowest BCUT2D eigenvalue weighted by Gasteiger charge is -2.28. The number of nitrogens with one attached hydrogen (secondary N) is 1. The van der Waals surface area contributed by atoms with E-state index in [2.05, 4.69) is 5.32 Å². The summed E-state index contributed by atoms with van der Waals surface area (Å²) < 4.78 is 10.7. The molecule has 0 aromatic carbocycles. The monoisotopic (exact) mass is 379 g/mol. The standard InChI is InChI=1S/C19H29N3O5/c1-2-27-18(25)19-12-13(19)6-4-10-26-11-5-7-14(20)17(24)22-9-3-8-15(22)16(23)21-19/h4,6,13-15H,2-3,5,7-12,20H2,1H3,(H,21,23)/b6-4-/t13-,14+,15+,19-/m1/s1. The van der Waals surface area contributed by atoms with Crippen molar-refractivity contribution in [2.45, 2.75) is 56.7 Å². The zero-order chi connectivity index (χ0) is 19.4. The predicted molar refractivity (Wildman–Crippen MR) is 97.5 cm³/mol. The Morgan fingerprint density at radius 3 is 3.00 bits per heavy atom. The highest BCUT2D eigenvalue weighted by molar-refractivity contribution is 5.96. The summed E-state index contributed by atoms with van der Waals surface area (Å²) in [6, 6.07) is -1.23. The van der Waals surface area contributed by atoms with Crippen LogP contribution in [0.25, 0.3) is 0 Å². The van der Waals surface area contributed by atoms with E-state index in [0.717, 1.165) is 6.42 Å². The lowest BCUT2D eigenvalue weighted by molar-refractivity contribution is -0.150. The first-order chi connectivity index (χ1) is 13.0. The highest BCUT2D eigenvalue weighted by Crippen LogP contribution is 2.46. The molecule has 2 aliphatic heterocycles. The number of hydrogen-bond acceptors (Lipinski definition) is 6. The molecule has 4 atom stereocenters. The summed E-state index contributed by atoms with van der Waals surface area (Å²) in [6.45, 7) is 3.43. The molecule has 8 heteroatoms. The topological polar surface area (TPSA) is 111 Å². The molecule has 2 heterocycles. The van der Waals surface area contributed by atoms with Gasteiger partial charge in [0.15, 0.2) is 0 Å². The first kappa shape index (κ1) is 19.8. The van der Waals surface area contributed by atoms with Gasteiger partial charge in [0.05, 0.1) is 19.3 Å². The van der Waals surface area contributed by atoms with Crippen LogP contribution in [0.4, 0.5) is 0 Å². The number of esters is 1. The van der Waals surface area contributed by atoms with Gasteiger partial charge in [0.2, 0.25) is 11.8 Å². The van der Waals surface area contributed by atoms with Crippen molar-refractivity contribution in [2.75, 3.05) is 26.4 Å². The lowest BCUT2D eigenvalue weighted by atomic mass is 10.1. The molecule has 1 saturated carbocycles. The van der Waals surface area contributed by atoms with Crippen molar-refractivity contribution in [1.82, 2.24) is 10.2 Å². The van der Waals surface area contributed by atoms with Gasteiger partial charge >= 0.3 is 5.97 Å². The Hall–Kier alpha value is -1.93. The highest BCUT2D eigenvalue weighted by atomic mass is 16.5. The second kappa shape index (κ2) is 8.39. The number of rotatable bonds is 2. The number of fused-ring (bicyclic) bond motifs is 2. The van der Waals surface area contributed by atoms with Crippen molar-refractivity contribution in [3.63, 3.8) is 0 Å². The van der Waals surface area contributed by atoms with E-state index in [9.17, 15) is 14.4 Å². The third kappa shape index (κ3) is 4.16. The van der Waals surface area contributed by atoms with Crippen molar-refractivity contribution >= 4 is 17.8 Å². The Labute approximate surface area is 159 Å². The zero-order valence-corrected chi connectivity index (χ0v) is 15.8. The molecular weight excluding hydrogens is 350 g/mol. The van der Waals surface area contributed by atoms with Crippen LogP contribution in [0.5, 0.6) is 0 Å². The Kier molecular flexibility index (Phi) is 6.16. The molecule has 0 aromatic rings. The van der Waals surface area contributed by atoms with Gasteiger partial charge in [-0.3, -0.25) is 9.59 Å². The van der Waals surface area contributed by atoms with Crippen LogP contribution in [-0.2, 0) is 23.9 Å². The molecule has 1 saturated heterocycles. The fourth-order valence-corrected chi connectivity index (χ4v) is 3.93. The molecule has 2 fully saturated rings. The molecule has 0 radical (unpaired) electrons. The largest absolute Gasteiger partial charge is 0.464 e. The van der Waals surface area contributed by atoms with E-state index in [1.807, 2.05) is 12.2 Å².